The number of nitrogens with two attached hydrogens (primary N) is 1. The molecule has 0 amide bonds. The second-order valence-corrected chi connectivity index (χ2v) is 3.30. The quantitative estimate of drug-likeness (QED) is 0.450. The van der Waals surface area contributed by atoms with E-state index < -0.39 is 5.60 Å². The molecular weight excluding hydrogens is 156 g/mol. The maximum Gasteiger partial charge on any atom is 0.0856 e. The van der Waals surface area contributed by atoms with Crippen LogP contribution in [-0.2, 0) is 4.74 Å². The molecule has 74 valence electrons. The summed E-state index contributed by atoms with van der Waals surface area (Å²) in [5, 5.41) is 11.9. The predicted molar refractivity (Wildman–Crippen MR) is 49.0 cm³/mol. The van der Waals surface area contributed by atoms with Gasteiger partial charge in [-0.05, 0) is 13.8 Å². The van der Waals surface area contributed by atoms with Crippen molar-refractivity contribution in [2.75, 3.05) is 32.8 Å². The van der Waals surface area contributed by atoms with Gasteiger partial charge in [0, 0.05) is 19.6 Å². The van der Waals surface area contributed by atoms with Crippen LogP contribution < -0.4 is 11.1 Å². The molecule has 0 aliphatic rings. The van der Waals surface area contributed by atoms with Crippen molar-refractivity contribution in [3.8, 4) is 0 Å². The van der Waals surface area contributed by atoms with Gasteiger partial charge in [-0.15, -0.1) is 0 Å². The first-order valence-corrected chi connectivity index (χ1v) is 4.28. The molecule has 0 saturated heterocycles. The maximum absolute atomic E-state index is 8.83. The van der Waals surface area contributed by atoms with Gasteiger partial charge in [0.05, 0.1) is 18.8 Å². The lowest BCUT2D eigenvalue weighted by Gasteiger charge is -2.22. The Morgan fingerprint density at radius 3 is 2.58 bits per heavy atom. The van der Waals surface area contributed by atoms with Crippen molar-refractivity contribution in [1.29, 1.82) is 0 Å². The largest absolute Gasteiger partial charge is 0.393 e. The van der Waals surface area contributed by atoms with E-state index in [1.807, 2.05) is 13.8 Å². The molecule has 0 atom stereocenters. The molecule has 0 bridgehead atoms. The summed E-state index contributed by atoms with van der Waals surface area (Å²) in [6, 6.07) is 0. The molecule has 0 rings (SSSR count). The summed E-state index contributed by atoms with van der Waals surface area (Å²) in [7, 11) is 0. The van der Waals surface area contributed by atoms with Gasteiger partial charge in [-0.25, -0.2) is 0 Å². The van der Waals surface area contributed by atoms with Crippen LogP contribution in [0.15, 0.2) is 0 Å². The number of aliphatic hydroxyl groups is 1. The van der Waals surface area contributed by atoms with Crippen LogP contribution >= 0.6 is 0 Å². The van der Waals surface area contributed by atoms with E-state index in [-0.39, 0.29) is 6.61 Å². The number of aliphatic hydroxyl groups excluding tert-OH is 1. The normalized spacial score (nSPS) is 12.0. The molecule has 12 heavy (non-hydrogen) atoms. The van der Waals surface area contributed by atoms with Crippen LogP contribution in [0, 0.1) is 0 Å². The van der Waals surface area contributed by atoms with Crippen LogP contribution in [-0.4, -0.2) is 43.6 Å². The van der Waals surface area contributed by atoms with E-state index in [0.717, 1.165) is 13.1 Å². The van der Waals surface area contributed by atoms with E-state index >= 15 is 0 Å². The summed E-state index contributed by atoms with van der Waals surface area (Å²) < 4.78 is 5.37. The fraction of sp³-hybridized carbons (Fsp3) is 1.00. The van der Waals surface area contributed by atoms with Crippen molar-refractivity contribution in [2.45, 2.75) is 19.4 Å². The molecule has 0 aromatic heterocycles. The summed E-state index contributed by atoms with van der Waals surface area (Å²) in [5.74, 6) is 0. The molecule has 4 nitrogen and oxygen atoms in total. The highest BCUT2D eigenvalue weighted by Gasteiger charge is 2.15. The number of nitrogens with one attached hydrogen (secondary N) is 1. The highest BCUT2D eigenvalue weighted by atomic mass is 16.5. The van der Waals surface area contributed by atoms with Gasteiger partial charge < -0.3 is 20.9 Å². The minimum atomic E-state index is -0.426. The van der Waals surface area contributed by atoms with Gasteiger partial charge in [0.25, 0.3) is 0 Å². The molecule has 0 unspecified atom stereocenters. The van der Waals surface area contributed by atoms with E-state index in [2.05, 4.69) is 5.32 Å². The van der Waals surface area contributed by atoms with Crippen molar-refractivity contribution < 1.29 is 9.84 Å². The molecule has 0 aromatic rings. The first-order valence-electron chi connectivity index (χ1n) is 4.28. The highest BCUT2D eigenvalue weighted by molar-refractivity contribution is 4.65. The zero-order chi connectivity index (χ0) is 9.45. The summed E-state index contributed by atoms with van der Waals surface area (Å²) in [6.07, 6.45) is 0. The highest BCUT2D eigenvalue weighted by Crippen LogP contribution is 2.05. The van der Waals surface area contributed by atoms with Crippen LogP contribution in [0.25, 0.3) is 0 Å². The van der Waals surface area contributed by atoms with Crippen LogP contribution in [0.3, 0.4) is 0 Å². The van der Waals surface area contributed by atoms with Crippen molar-refractivity contribution in [3.05, 3.63) is 0 Å². The van der Waals surface area contributed by atoms with Crippen LogP contribution in [0.2, 0.25) is 0 Å². The van der Waals surface area contributed by atoms with Gasteiger partial charge in [0.2, 0.25) is 0 Å². The lowest BCUT2D eigenvalue weighted by atomic mass is 10.1. The fourth-order valence-corrected chi connectivity index (χ4v) is 0.672. The fourth-order valence-electron chi connectivity index (χ4n) is 0.672. The predicted octanol–water partition coefficient (Wildman–Crippen LogP) is -0.678. The minimum Gasteiger partial charge on any atom is -0.393 e. The molecule has 0 aliphatic heterocycles. The second-order valence-electron chi connectivity index (χ2n) is 3.30. The molecule has 0 radical (unpaired) electrons. The smallest absolute Gasteiger partial charge is 0.0856 e. The van der Waals surface area contributed by atoms with Crippen LogP contribution in [0.5, 0.6) is 0 Å². The standard InChI is InChI=1S/C8H20N2O2/c1-8(2,7-11)12-6-5-10-4-3-9/h10-11H,3-7,9H2,1-2H3. The molecule has 0 aliphatic carbocycles. The van der Waals surface area contributed by atoms with Gasteiger partial charge in [0.1, 0.15) is 0 Å². The van der Waals surface area contributed by atoms with E-state index in [1.54, 1.807) is 0 Å². The van der Waals surface area contributed by atoms with E-state index in [0.29, 0.717) is 13.2 Å². The average molecular weight is 176 g/mol. The van der Waals surface area contributed by atoms with Gasteiger partial charge in [0.15, 0.2) is 0 Å². The van der Waals surface area contributed by atoms with E-state index in [9.17, 15) is 0 Å². The van der Waals surface area contributed by atoms with E-state index in [4.69, 9.17) is 15.6 Å². The summed E-state index contributed by atoms with van der Waals surface area (Å²) >= 11 is 0. The molecule has 4 N–H and O–H groups in total. The third kappa shape index (κ3) is 6.54. The Balaban J connectivity index is 3.19. The summed E-state index contributed by atoms with van der Waals surface area (Å²) in [6.45, 7) is 6.59. The maximum atomic E-state index is 8.83. The van der Waals surface area contributed by atoms with Gasteiger partial charge in [-0.3, -0.25) is 0 Å². The molecule has 0 spiro atoms. The van der Waals surface area contributed by atoms with Crippen molar-refractivity contribution in [1.82, 2.24) is 5.32 Å². The Bertz CT molecular complexity index is 107. The Kier molecular flexibility index (Phi) is 6.28. The monoisotopic (exact) mass is 176 g/mol. The van der Waals surface area contributed by atoms with E-state index in [1.165, 1.54) is 0 Å². The average Bonchev–Trinajstić information content (AvgIpc) is 2.04. The lowest BCUT2D eigenvalue weighted by Crippen LogP contribution is -2.33. The third-order valence-electron chi connectivity index (χ3n) is 1.47. The molecular formula is C8H20N2O2. The topological polar surface area (TPSA) is 67.5 Å². The number of hydrogen-bond donors (Lipinski definition) is 3. The number of rotatable bonds is 7. The molecule has 0 heterocycles. The zero-order valence-electron chi connectivity index (χ0n) is 7.97. The first kappa shape index (κ1) is 11.8. The van der Waals surface area contributed by atoms with Crippen LogP contribution in [0.1, 0.15) is 13.8 Å². The van der Waals surface area contributed by atoms with Crippen molar-refractivity contribution in [2.24, 2.45) is 5.73 Å². The molecule has 0 aromatic carbocycles. The lowest BCUT2D eigenvalue weighted by molar-refractivity contribution is -0.0516. The number of ether oxygens (including phenoxy) is 1. The molecule has 0 saturated carbocycles. The van der Waals surface area contributed by atoms with Gasteiger partial charge >= 0.3 is 0 Å². The minimum absolute atomic E-state index is 0.0455. The Morgan fingerprint density at radius 2 is 2.08 bits per heavy atom. The summed E-state index contributed by atoms with van der Waals surface area (Å²) in [4.78, 5) is 0. The molecule has 0 fully saturated rings. The zero-order valence-corrected chi connectivity index (χ0v) is 7.97. The van der Waals surface area contributed by atoms with Crippen molar-refractivity contribution in [3.63, 3.8) is 0 Å². The Morgan fingerprint density at radius 1 is 1.42 bits per heavy atom. The Hall–Kier alpha value is -0.160. The number of hydrogen-bond acceptors (Lipinski definition) is 4. The summed E-state index contributed by atoms with van der Waals surface area (Å²) in [5.41, 5.74) is 4.85. The third-order valence-corrected chi connectivity index (χ3v) is 1.47. The SMILES string of the molecule is CC(C)(CO)OCCNCCN. The Labute approximate surface area is 74.1 Å². The van der Waals surface area contributed by atoms with Crippen LogP contribution in [0.4, 0.5) is 0 Å². The molecule has 4 heteroatoms. The van der Waals surface area contributed by atoms with Gasteiger partial charge in [-0.1, -0.05) is 0 Å². The second kappa shape index (κ2) is 6.37. The van der Waals surface area contributed by atoms with Crippen molar-refractivity contribution >= 4 is 0 Å². The van der Waals surface area contributed by atoms with Gasteiger partial charge in [-0.2, -0.15) is 0 Å². The first-order chi connectivity index (χ1) is 5.62.